The standard InChI is InChI=1S/C10H21O2/c1-3-6-10(12)8-5-7-9(11)4-2/h9-12H,1,3-8H2,2H3. The van der Waals surface area contributed by atoms with E-state index in [-0.39, 0.29) is 12.2 Å². The molecule has 2 N–H and O–H groups in total. The zero-order valence-electron chi connectivity index (χ0n) is 8.00. The zero-order valence-corrected chi connectivity index (χ0v) is 8.00. The number of rotatable bonds is 7. The lowest BCUT2D eigenvalue weighted by Crippen LogP contribution is -2.09. The largest absolute Gasteiger partial charge is 0.393 e. The van der Waals surface area contributed by atoms with Gasteiger partial charge >= 0.3 is 0 Å². The Labute approximate surface area is 75.6 Å². The van der Waals surface area contributed by atoms with Gasteiger partial charge in [0.25, 0.3) is 0 Å². The van der Waals surface area contributed by atoms with Gasteiger partial charge in [0.1, 0.15) is 0 Å². The van der Waals surface area contributed by atoms with E-state index in [4.69, 9.17) is 0 Å². The van der Waals surface area contributed by atoms with Crippen LogP contribution < -0.4 is 0 Å². The molecule has 0 rings (SSSR count). The summed E-state index contributed by atoms with van der Waals surface area (Å²) in [5.74, 6) is 0. The van der Waals surface area contributed by atoms with Crippen LogP contribution in [0.15, 0.2) is 0 Å². The maximum atomic E-state index is 9.31. The molecule has 73 valence electrons. The lowest BCUT2D eigenvalue weighted by Gasteiger charge is -2.10. The van der Waals surface area contributed by atoms with E-state index in [0.717, 1.165) is 38.5 Å². The second kappa shape index (κ2) is 7.56. The molecule has 2 unspecified atom stereocenters. The third-order valence-corrected chi connectivity index (χ3v) is 2.08. The Balaban J connectivity index is 3.18. The van der Waals surface area contributed by atoms with Crippen molar-refractivity contribution in [3.63, 3.8) is 0 Å². The molecule has 0 aliphatic heterocycles. The molecule has 0 saturated carbocycles. The van der Waals surface area contributed by atoms with Crippen LogP contribution in [0.4, 0.5) is 0 Å². The second-order valence-corrected chi connectivity index (χ2v) is 3.29. The molecule has 0 aliphatic rings. The summed E-state index contributed by atoms with van der Waals surface area (Å²) in [6.45, 7) is 5.64. The lowest BCUT2D eigenvalue weighted by molar-refractivity contribution is 0.127. The van der Waals surface area contributed by atoms with Crippen molar-refractivity contribution >= 4 is 0 Å². The third kappa shape index (κ3) is 6.62. The van der Waals surface area contributed by atoms with Crippen molar-refractivity contribution in [2.24, 2.45) is 0 Å². The average molecular weight is 173 g/mol. The van der Waals surface area contributed by atoms with Crippen LogP contribution in [-0.4, -0.2) is 22.4 Å². The Morgan fingerprint density at radius 1 is 1.08 bits per heavy atom. The minimum Gasteiger partial charge on any atom is -0.393 e. The number of hydrogen-bond acceptors (Lipinski definition) is 2. The Kier molecular flexibility index (Phi) is 7.51. The molecule has 0 fully saturated rings. The van der Waals surface area contributed by atoms with Crippen molar-refractivity contribution in [1.29, 1.82) is 0 Å². The van der Waals surface area contributed by atoms with Crippen molar-refractivity contribution in [2.75, 3.05) is 0 Å². The summed E-state index contributed by atoms with van der Waals surface area (Å²) in [6.07, 6.45) is 4.50. The van der Waals surface area contributed by atoms with Crippen molar-refractivity contribution in [3.05, 3.63) is 6.92 Å². The molecule has 0 heterocycles. The van der Waals surface area contributed by atoms with E-state index in [9.17, 15) is 10.2 Å². The smallest absolute Gasteiger partial charge is 0.0540 e. The molecule has 2 nitrogen and oxygen atoms in total. The zero-order chi connectivity index (χ0) is 9.40. The molecule has 2 heteroatoms. The summed E-state index contributed by atoms with van der Waals surface area (Å²) in [5, 5.41) is 18.5. The van der Waals surface area contributed by atoms with Gasteiger partial charge in [-0.2, -0.15) is 0 Å². The van der Waals surface area contributed by atoms with Crippen molar-refractivity contribution in [2.45, 2.75) is 57.7 Å². The van der Waals surface area contributed by atoms with E-state index >= 15 is 0 Å². The first-order valence-corrected chi connectivity index (χ1v) is 4.86. The fraction of sp³-hybridized carbons (Fsp3) is 0.900. The molecule has 0 spiro atoms. The molecule has 0 aromatic heterocycles. The highest BCUT2D eigenvalue weighted by Crippen LogP contribution is 2.09. The monoisotopic (exact) mass is 173 g/mol. The Morgan fingerprint density at radius 2 is 1.67 bits per heavy atom. The van der Waals surface area contributed by atoms with Crippen molar-refractivity contribution in [3.8, 4) is 0 Å². The van der Waals surface area contributed by atoms with E-state index in [0.29, 0.717) is 0 Å². The SMILES string of the molecule is [CH2]CCC(O)CCCC(O)CC. The van der Waals surface area contributed by atoms with E-state index in [1.165, 1.54) is 0 Å². The maximum Gasteiger partial charge on any atom is 0.0540 e. The van der Waals surface area contributed by atoms with Gasteiger partial charge in [0.2, 0.25) is 0 Å². The van der Waals surface area contributed by atoms with Crippen LogP contribution in [-0.2, 0) is 0 Å². The van der Waals surface area contributed by atoms with Gasteiger partial charge in [-0.15, -0.1) is 0 Å². The quantitative estimate of drug-likeness (QED) is 0.617. The van der Waals surface area contributed by atoms with Crippen LogP contribution in [0, 0.1) is 6.92 Å². The Hall–Kier alpha value is -0.0800. The van der Waals surface area contributed by atoms with Gasteiger partial charge in [-0.05, 0) is 32.1 Å². The van der Waals surface area contributed by atoms with Crippen LogP contribution in [0.3, 0.4) is 0 Å². The molecule has 12 heavy (non-hydrogen) atoms. The van der Waals surface area contributed by atoms with E-state index in [1.807, 2.05) is 6.92 Å². The predicted molar refractivity (Wildman–Crippen MR) is 50.7 cm³/mol. The Bertz CT molecular complexity index is 93.8. The molecule has 0 bridgehead atoms. The highest BCUT2D eigenvalue weighted by Gasteiger charge is 2.04. The first-order valence-electron chi connectivity index (χ1n) is 4.86. The summed E-state index contributed by atoms with van der Waals surface area (Å²) in [5.41, 5.74) is 0. The van der Waals surface area contributed by atoms with Gasteiger partial charge in [0.15, 0.2) is 0 Å². The van der Waals surface area contributed by atoms with Crippen molar-refractivity contribution in [1.82, 2.24) is 0 Å². The van der Waals surface area contributed by atoms with Gasteiger partial charge in [-0.3, -0.25) is 0 Å². The molecule has 1 radical (unpaired) electrons. The fourth-order valence-electron chi connectivity index (χ4n) is 1.17. The van der Waals surface area contributed by atoms with Crippen LogP contribution in [0.2, 0.25) is 0 Å². The highest BCUT2D eigenvalue weighted by molar-refractivity contribution is 4.59. The minimum atomic E-state index is -0.216. The van der Waals surface area contributed by atoms with Crippen molar-refractivity contribution < 1.29 is 10.2 Å². The van der Waals surface area contributed by atoms with Crippen LogP contribution in [0.5, 0.6) is 0 Å². The van der Waals surface area contributed by atoms with Crippen LogP contribution in [0.1, 0.15) is 45.4 Å². The third-order valence-electron chi connectivity index (χ3n) is 2.08. The maximum absolute atomic E-state index is 9.31. The van der Waals surface area contributed by atoms with Crippen LogP contribution in [0.25, 0.3) is 0 Å². The number of aliphatic hydroxyl groups excluding tert-OH is 2. The molecule has 0 aromatic carbocycles. The average Bonchev–Trinajstić information content (AvgIpc) is 2.04. The minimum absolute atomic E-state index is 0.183. The molecule has 0 aliphatic carbocycles. The summed E-state index contributed by atoms with van der Waals surface area (Å²) in [4.78, 5) is 0. The summed E-state index contributed by atoms with van der Waals surface area (Å²) < 4.78 is 0. The van der Waals surface area contributed by atoms with Gasteiger partial charge in [-0.25, -0.2) is 0 Å². The van der Waals surface area contributed by atoms with E-state index in [2.05, 4.69) is 6.92 Å². The van der Waals surface area contributed by atoms with Crippen LogP contribution >= 0.6 is 0 Å². The van der Waals surface area contributed by atoms with E-state index < -0.39 is 0 Å². The fourth-order valence-corrected chi connectivity index (χ4v) is 1.17. The molecule has 0 aromatic rings. The van der Waals surface area contributed by atoms with Gasteiger partial charge in [0, 0.05) is 0 Å². The van der Waals surface area contributed by atoms with Gasteiger partial charge in [-0.1, -0.05) is 20.3 Å². The van der Waals surface area contributed by atoms with Gasteiger partial charge < -0.3 is 10.2 Å². The lowest BCUT2D eigenvalue weighted by atomic mass is 10.0. The molecule has 0 saturated heterocycles. The number of aliphatic hydroxyl groups is 2. The molecular formula is C10H21O2. The molecule has 2 atom stereocenters. The topological polar surface area (TPSA) is 40.5 Å². The highest BCUT2D eigenvalue weighted by atomic mass is 16.3. The predicted octanol–water partition coefficient (Wildman–Crippen LogP) is 1.90. The first-order chi connectivity index (χ1) is 5.70. The number of hydrogen-bond donors (Lipinski definition) is 2. The summed E-state index contributed by atoms with van der Waals surface area (Å²) in [6, 6.07) is 0. The molecular weight excluding hydrogens is 152 g/mol. The van der Waals surface area contributed by atoms with Gasteiger partial charge in [0.05, 0.1) is 12.2 Å². The second-order valence-electron chi connectivity index (χ2n) is 3.29. The first kappa shape index (κ1) is 11.9. The van der Waals surface area contributed by atoms with E-state index in [1.54, 1.807) is 0 Å². The summed E-state index contributed by atoms with van der Waals surface area (Å²) >= 11 is 0. The normalized spacial score (nSPS) is 16.0. The Morgan fingerprint density at radius 3 is 2.17 bits per heavy atom. The molecule has 0 amide bonds. The summed E-state index contributed by atoms with van der Waals surface area (Å²) in [7, 11) is 0.